The Morgan fingerprint density at radius 1 is 1.38 bits per heavy atom. The number of nitrogens with two attached hydrogens (primary N) is 1. The number of nitrogens with zero attached hydrogens (tertiary/aromatic N) is 1. The van der Waals surface area contributed by atoms with E-state index in [0.29, 0.717) is 6.54 Å². The van der Waals surface area contributed by atoms with Crippen molar-refractivity contribution in [3.05, 3.63) is 29.8 Å². The SMILES string of the molecule is CC(N)c1ccc(N2CCNC2=O)cc1.Cl. The van der Waals surface area contributed by atoms with Gasteiger partial charge in [0.05, 0.1) is 0 Å². The van der Waals surface area contributed by atoms with Crippen LogP contribution in [0.1, 0.15) is 18.5 Å². The second-order valence-corrected chi connectivity index (χ2v) is 3.76. The summed E-state index contributed by atoms with van der Waals surface area (Å²) in [7, 11) is 0. The Hall–Kier alpha value is -1.26. The van der Waals surface area contributed by atoms with Crippen molar-refractivity contribution in [1.29, 1.82) is 0 Å². The van der Waals surface area contributed by atoms with Crippen LogP contribution in [0.2, 0.25) is 0 Å². The van der Waals surface area contributed by atoms with Gasteiger partial charge < -0.3 is 11.1 Å². The van der Waals surface area contributed by atoms with E-state index in [0.717, 1.165) is 17.8 Å². The first kappa shape index (κ1) is 12.8. The van der Waals surface area contributed by atoms with Crippen LogP contribution < -0.4 is 16.0 Å². The van der Waals surface area contributed by atoms with Gasteiger partial charge in [-0.05, 0) is 24.6 Å². The van der Waals surface area contributed by atoms with Crippen molar-refractivity contribution in [3.63, 3.8) is 0 Å². The van der Waals surface area contributed by atoms with Crippen LogP contribution in [-0.2, 0) is 0 Å². The third kappa shape index (κ3) is 2.46. The van der Waals surface area contributed by atoms with E-state index in [1.54, 1.807) is 4.90 Å². The summed E-state index contributed by atoms with van der Waals surface area (Å²) >= 11 is 0. The van der Waals surface area contributed by atoms with Crippen molar-refractivity contribution in [2.45, 2.75) is 13.0 Å². The van der Waals surface area contributed by atoms with Crippen molar-refractivity contribution in [2.75, 3.05) is 18.0 Å². The van der Waals surface area contributed by atoms with Gasteiger partial charge in [0.2, 0.25) is 0 Å². The number of urea groups is 1. The van der Waals surface area contributed by atoms with Gasteiger partial charge in [0.1, 0.15) is 0 Å². The first-order valence-corrected chi connectivity index (χ1v) is 5.09. The third-order valence-corrected chi connectivity index (χ3v) is 2.59. The lowest BCUT2D eigenvalue weighted by molar-refractivity contribution is 0.252. The second kappa shape index (κ2) is 5.18. The maximum absolute atomic E-state index is 11.4. The molecular weight excluding hydrogens is 226 g/mol. The predicted molar refractivity (Wildman–Crippen MR) is 67.0 cm³/mol. The standard InChI is InChI=1S/C11H15N3O.ClH/c1-8(12)9-2-4-10(5-3-9)14-7-6-13-11(14)15;/h2-5,8H,6-7,12H2,1H3,(H,13,15);1H. The van der Waals surface area contributed by atoms with Gasteiger partial charge in [-0.2, -0.15) is 0 Å². The number of rotatable bonds is 2. The molecule has 3 N–H and O–H groups in total. The minimum absolute atomic E-state index is 0. The van der Waals surface area contributed by atoms with Crippen molar-refractivity contribution in [1.82, 2.24) is 5.32 Å². The van der Waals surface area contributed by atoms with Crippen molar-refractivity contribution in [2.24, 2.45) is 5.73 Å². The van der Waals surface area contributed by atoms with Gasteiger partial charge in [0.15, 0.2) is 0 Å². The van der Waals surface area contributed by atoms with Crippen molar-refractivity contribution >= 4 is 24.1 Å². The normalized spacial score (nSPS) is 16.6. The van der Waals surface area contributed by atoms with Crippen LogP contribution in [-0.4, -0.2) is 19.1 Å². The lowest BCUT2D eigenvalue weighted by Gasteiger charge is -2.15. The van der Waals surface area contributed by atoms with E-state index < -0.39 is 0 Å². The summed E-state index contributed by atoms with van der Waals surface area (Å²) in [6.07, 6.45) is 0. The minimum Gasteiger partial charge on any atom is -0.336 e. The van der Waals surface area contributed by atoms with Gasteiger partial charge in [-0.25, -0.2) is 4.79 Å². The number of nitrogens with one attached hydrogen (secondary N) is 1. The molecule has 1 unspecified atom stereocenters. The van der Waals surface area contributed by atoms with Gasteiger partial charge >= 0.3 is 6.03 Å². The average molecular weight is 242 g/mol. The van der Waals surface area contributed by atoms with E-state index in [-0.39, 0.29) is 24.5 Å². The van der Waals surface area contributed by atoms with Gasteiger partial charge in [0, 0.05) is 24.8 Å². The Bertz CT molecular complexity index is 364. The molecule has 1 aliphatic rings. The average Bonchev–Trinajstić information content (AvgIpc) is 2.65. The Morgan fingerprint density at radius 3 is 2.44 bits per heavy atom. The quantitative estimate of drug-likeness (QED) is 0.827. The molecule has 1 aromatic carbocycles. The van der Waals surface area contributed by atoms with E-state index in [2.05, 4.69) is 5.32 Å². The van der Waals surface area contributed by atoms with Crippen LogP contribution >= 0.6 is 12.4 Å². The molecule has 1 saturated heterocycles. The fourth-order valence-corrected chi connectivity index (χ4v) is 1.68. The Balaban J connectivity index is 0.00000128. The highest BCUT2D eigenvalue weighted by molar-refractivity contribution is 5.93. The van der Waals surface area contributed by atoms with Crippen LogP contribution in [0.15, 0.2) is 24.3 Å². The Labute approximate surface area is 101 Å². The topological polar surface area (TPSA) is 58.4 Å². The van der Waals surface area contributed by atoms with Gasteiger partial charge in [-0.3, -0.25) is 4.90 Å². The summed E-state index contributed by atoms with van der Waals surface area (Å²) in [5, 5.41) is 2.77. The molecule has 0 spiro atoms. The Kier molecular flexibility index (Phi) is 4.15. The molecule has 1 heterocycles. The summed E-state index contributed by atoms with van der Waals surface area (Å²) in [5.74, 6) is 0. The van der Waals surface area contributed by atoms with Crippen LogP contribution in [0.3, 0.4) is 0 Å². The van der Waals surface area contributed by atoms with Gasteiger partial charge in [-0.15, -0.1) is 12.4 Å². The molecule has 5 heteroatoms. The molecule has 1 aromatic rings. The lowest BCUT2D eigenvalue weighted by Crippen LogP contribution is -2.27. The molecule has 0 bridgehead atoms. The molecule has 88 valence electrons. The number of carbonyl (C=O) groups is 1. The molecule has 1 aliphatic heterocycles. The summed E-state index contributed by atoms with van der Waals surface area (Å²) in [5.41, 5.74) is 7.76. The van der Waals surface area contributed by atoms with E-state index in [9.17, 15) is 4.79 Å². The number of hydrogen-bond acceptors (Lipinski definition) is 2. The maximum Gasteiger partial charge on any atom is 0.321 e. The first-order chi connectivity index (χ1) is 7.18. The molecule has 0 radical (unpaired) electrons. The van der Waals surface area contributed by atoms with Crippen molar-refractivity contribution in [3.8, 4) is 0 Å². The molecule has 16 heavy (non-hydrogen) atoms. The molecule has 0 saturated carbocycles. The van der Waals surface area contributed by atoms with E-state index in [1.165, 1.54) is 0 Å². The minimum atomic E-state index is -0.0245. The summed E-state index contributed by atoms with van der Waals surface area (Å²) in [4.78, 5) is 13.1. The third-order valence-electron chi connectivity index (χ3n) is 2.59. The zero-order valence-electron chi connectivity index (χ0n) is 9.14. The summed E-state index contributed by atoms with van der Waals surface area (Å²) in [6.45, 7) is 3.39. The zero-order chi connectivity index (χ0) is 10.8. The number of carbonyl (C=O) groups excluding carboxylic acids is 1. The highest BCUT2D eigenvalue weighted by atomic mass is 35.5. The first-order valence-electron chi connectivity index (χ1n) is 5.09. The Morgan fingerprint density at radius 2 is 2.00 bits per heavy atom. The number of hydrogen-bond donors (Lipinski definition) is 2. The smallest absolute Gasteiger partial charge is 0.321 e. The molecule has 1 fully saturated rings. The molecule has 0 aliphatic carbocycles. The van der Waals surface area contributed by atoms with E-state index in [1.807, 2.05) is 31.2 Å². The van der Waals surface area contributed by atoms with E-state index >= 15 is 0 Å². The monoisotopic (exact) mass is 241 g/mol. The van der Waals surface area contributed by atoms with Gasteiger partial charge in [0.25, 0.3) is 0 Å². The lowest BCUT2D eigenvalue weighted by atomic mass is 10.1. The molecule has 4 nitrogen and oxygen atoms in total. The van der Waals surface area contributed by atoms with Crippen LogP contribution in [0.5, 0.6) is 0 Å². The largest absolute Gasteiger partial charge is 0.336 e. The van der Waals surface area contributed by atoms with Crippen molar-refractivity contribution < 1.29 is 4.79 Å². The van der Waals surface area contributed by atoms with Crippen LogP contribution in [0, 0.1) is 0 Å². The zero-order valence-corrected chi connectivity index (χ0v) is 9.96. The molecule has 1 atom stereocenters. The van der Waals surface area contributed by atoms with Crippen LogP contribution in [0.4, 0.5) is 10.5 Å². The van der Waals surface area contributed by atoms with E-state index in [4.69, 9.17) is 5.73 Å². The highest BCUT2D eigenvalue weighted by Gasteiger charge is 2.20. The molecule has 2 rings (SSSR count). The van der Waals surface area contributed by atoms with Crippen LogP contribution in [0.25, 0.3) is 0 Å². The fourth-order valence-electron chi connectivity index (χ4n) is 1.68. The molecule has 2 amide bonds. The fraction of sp³-hybridized carbons (Fsp3) is 0.364. The molecular formula is C11H16ClN3O. The summed E-state index contributed by atoms with van der Waals surface area (Å²) < 4.78 is 0. The number of anilines is 1. The number of benzene rings is 1. The number of halogens is 1. The molecule has 0 aromatic heterocycles. The second-order valence-electron chi connectivity index (χ2n) is 3.76. The van der Waals surface area contributed by atoms with Gasteiger partial charge in [-0.1, -0.05) is 12.1 Å². The highest BCUT2D eigenvalue weighted by Crippen LogP contribution is 2.19. The number of amides is 2. The maximum atomic E-state index is 11.4. The predicted octanol–water partition coefficient (Wildman–Crippen LogP) is 1.66. The summed E-state index contributed by atoms with van der Waals surface area (Å²) in [6, 6.07) is 7.81.